The average Bonchev–Trinajstić information content (AvgIpc) is 3.23. The summed E-state index contributed by atoms with van der Waals surface area (Å²) < 4.78 is 6.18. The SMILES string of the molecule is C[C@@H]1CC2=C3C(=C(c4cn[nH]c4)SC3C(=O)N=C2CN2CC[C@H]2C)O1. The van der Waals surface area contributed by atoms with Gasteiger partial charge in [0.1, 0.15) is 17.1 Å². The van der Waals surface area contributed by atoms with E-state index in [0.29, 0.717) is 6.04 Å². The Morgan fingerprint density at radius 2 is 2.32 bits per heavy atom. The first-order valence-corrected chi connectivity index (χ1v) is 9.65. The Kier molecular flexibility index (Phi) is 3.43. The predicted molar refractivity (Wildman–Crippen MR) is 97.2 cm³/mol. The van der Waals surface area contributed by atoms with Crippen LogP contribution in [0.5, 0.6) is 0 Å². The molecule has 130 valence electrons. The van der Waals surface area contributed by atoms with Crippen LogP contribution >= 0.6 is 11.8 Å². The first kappa shape index (κ1) is 15.4. The van der Waals surface area contributed by atoms with Crippen LogP contribution in [0.15, 0.2) is 34.3 Å². The van der Waals surface area contributed by atoms with Gasteiger partial charge in [0.15, 0.2) is 0 Å². The summed E-state index contributed by atoms with van der Waals surface area (Å²) in [5.41, 5.74) is 4.21. The molecule has 1 N–H and O–H groups in total. The molecule has 5 rings (SSSR count). The van der Waals surface area contributed by atoms with Crippen LogP contribution in [-0.4, -0.2) is 57.2 Å². The van der Waals surface area contributed by atoms with Crippen LogP contribution < -0.4 is 0 Å². The molecule has 6 nitrogen and oxygen atoms in total. The largest absolute Gasteiger partial charge is 0.489 e. The molecule has 0 bridgehead atoms. The van der Waals surface area contributed by atoms with Crippen molar-refractivity contribution in [3.63, 3.8) is 0 Å². The molecule has 1 amide bonds. The lowest BCUT2D eigenvalue weighted by molar-refractivity contribution is -0.116. The van der Waals surface area contributed by atoms with E-state index in [9.17, 15) is 4.79 Å². The highest BCUT2D eigenvalue weighted by atomic mass is 32.2. The quantitative estimate of drug-likeness (QED) is 0.900. The predicted octanol–water partition coefficient (Wildman–Crippen LogP) is 2.37. The van der Waals surface area contributed by atoms with Crippen LogP contribution in [0.1, 0.15) is 32.3 Å². The van der Waals surface area contributed by atoms with Crippen LogP contribution in [0, 0.1) is 0 Å². The third-order valence-electron chi connectivity index (χ3n) is 5.47. The van der Waals surface area contributed by atoms with Gasteiger partial charge in [0.25, 0.3) is 5.91 Å². The van der Waals surface area contributed by atoms with Gasteiger partial charge in [-0.15, -0.1) is 11.8 Å². The molecule has 1 aromatic heterocycles. The maximum Gasteiger partial charge on any atom is 0.264 e. The Labute approximate surface area is 150 Å². The van der Waals surface area contributed by atoms with E-state index >= 15 is 0 Å². The van der Waals surface area contributed by atoms with Crippen molar-refractivity contribution in [2.24, 2.45) is 4.99 Å². The van der Waals surface area contributed by atoms with E-state index in [4.69, 9.17) is 4.74 Å². The number of dihydropyridines is 1. The van der Waals surface area contributed by atoms with Gasteiger partial charge in [-0.05, 0) is 25.8 Å². The van der Waals surface area contributed by atoms with Gasteiger partial charge in [0.2, 0.25) is 0 Å². The lowest BCUT2D eigenvalue weighted by atomic mass is 9.88. The lowest BCUT2D eigenvalue weighted by Crippen LogP contribution is -2.49. The second-order valence-electron chi connectivity index (χ2n) is 7.17. The topological polar surface area (TPSA) is 70.6 Å². The second kappa shape index (κ2) is 5.57. The van der Waals surface area contributed by atoms with Gasteiger partial charge < -0.3 is 4.74 Å². The highest BCUT2D eigenvalue weighted by molar-refractivity contribution is 8.10. The minimum absolute atomic E-state index is 0.0546. The van der Waals surface area contributed by atoms with Crippen molar-refractivity contribution in [3.8, 4) is 0 Å². The van der Waals surface area contributed by atoms with Crippen molar-refractivity contribution < 1.29 is 9.53 Å². The summed E-state index contributed by atoms with van der Waals surface area (Å²) >= 11 is 1.55. The third-order valence-corrected chi connectivity index (χ3v) is 6.80. The van der Waals surface area contributed by atoms with Crippen molar-refractivity contribution in [2.75, 3.05) is 13.1 Å². The number of hydrogen-bond donors (Lipinski definition) is 1. The zero-order valence-electron chi connectivity index (χ0n) is 14.3. The molecule has 4 aliphatic rings. The van der Waals surface area contributed by atoms with E-state index in [1.165, 1.54) is 12.0 Å². The summed E-state index contributed by atoms with van der Waals surface area (Å²) in [5, 5.41) is 6.63. The number of aromatic nitrogens is 2. The molecule has 0 aromatic carbocycles. The van der Waals surface area contributed by atoms with Crippen LogP contribution in [0.4, 0.5) is 0 Å². The number of hydrogen-bond acceptors (Lipinski definition) is 5. The standard InChI is InChI=1S/C18H20N4O2S/c1-9-3-4-22(9)8-13-12-5-10(2)24-15-14(12)17(18(23)21-13)25-16(15)11-6-19-20-7-11/h6-7,9-10,17H,3-5,8H2,1-2H3,(H,19,20)/t9-,10-,17?/m1/s1. The number of likely N-dealkylation sites (tertiary alicyclic amines) is 1. The molecule has 5 heterocycles. The van der Waals surface area contributed by atoms with Crippen LogP contribution in [0.2, 0.25) is 0 Å². The minimum atomic E-state index is -0.264. The van der Waals surface area contributed by atoms with Gasteiger partial charge >= 0.3 is 0 Å². The molecule has 0 radical (unpaired) electrons. The van der Waals surface area contributed by atoms with Crippen LogP contribution in [0.25, 0.3) is 4.91 Å². The number of H-pyrrole nitrogens is 1. The molecule has 0 aliphatic carbocycles. The maximum atomic E-state index is 12.7. The summed E-state index contributed by atoms with van der Waals surface area (Å²) in [6.07, 6.45) is 5.76. The summed E-state index contributed by atoms with van der Waals surface area (Å²) in [6, 6.07) is 0.577. The van der Waals surface area contributed by atoms with Gasteiger partial charge in [-0.1, -0.05) is 0 Å². The molecule has 0 spiro atoms. The van der Waals surface area contributed by atoms with Gasteiger partial charge in [0.05, 0.1) is 16.8 Å². The summed E-state index contributed by atoms with van der Waals surface area (Å²) in [6.45, 7) is 6.17. The van der Waals surface area contributed by atoms with Crippen molar-refractivity contribution in [2.45, 2.75) is 44.1 Å². The number of carbonyl (C=O) groups is 1. The van der Waals surface area contributed by atoms with Gasteiger partial charge in [-0.2, -0.15) is 5.10 Å². The zero-order valence-corrected chi connectivity index (χ0v) is 15.1. The Hall–Kier alpha value is -1.86. The van der Waals surface area contributed by atoms with Crippen LogP contribution in [0.3, 0.4) is 0 Å². The number of ether oxygens (including phenoxy) is 1. The fourth-order valence-corrected chi connectivity index (χ4v) is 5.20. The fraction of sp³-hybridized carbons (Fsp3) is 0.500. The first-order chi connectivity index (χ1) is 12.1. The molecule has 7 heteroatoms. The normalized spacial score (nSPS) is 31.7. The fourth-order valence-electron chi connectivity index (χ4n) is 3.93. The molecule has 25 heavy (non-hydrogen) atoms. The van der Waals surface area contributed by atoms with E-state index in [0.717, 1.165) is 47.0 Å². The van der Waals surface area contributed by atoms with E-state index in [1.807, 2.05) is 6.20 Å². The maximum absolute atomic E-state index is 12.7. The van der Waals surface area contributed by atoms with Crippen LogP contribution in [-0.2, 0) is 9.53 Å². The average molecular weight is 356 g/mol. The highest BCUT2D eigenvalue weighted by Crippen LogP contribution is 2.53. The van der Waals surface area contributed by atoms with Crippen molar-refractivity contribution in [3.05, 3.63) is 34.9 Å². The smallest absolute Gasteiger partial charge is 0.264 e. The number of aromatic amines is 1. The molecule has 0 saturated carbocycles. The lowest BCUT2D eigenvalue weighted by Gasteiger charge is -2.40. The molecule has 1 unspecified atom stereocenters. The second-order valence-corrected chi connectivity index (χ2v) is 8.29. The summed E-state index contributed by atoms with van der Waals surface area (Å²) in [4.78, 5) is 20.6. The molecular formula is C18H20N4O2S. The highest BCUT2D eigenvalue weighted by Gasteiger charge is 2.46. The summed E-state index contributed by atoms with van der Waals surface area (Å²) in [5.74, 6) is 0.809. The Balaban J connectivity index is 1.59. The number of rotatable bonds is 3. The number of nitrogens with zero attached hydrogens (tertiary/aromatic N) is 3. The van der Waals surface area contributed by atoms with Crippen molar-refractivity contribution in [1.29, 1.82) is 0 Å². The monoisotopic (exact) mass is 356 g/mol. The number of nitrogens with one attached hydrogen (secondary N) is 1. The van der Waals surface area contributed by atoms with E-state index < -0.39 is 0 Å². The Morgan fingerprint density at radius 3 is 3.00 bits per heavy atom. The number of amides is 1. The van der Waals surface area contributed by atoms with Crippen molar-refractivity contribution in [1.82, 2.24) is 15.1 Å². The number of aliphatic imine (C=N–C) groups is 1. The molecule has 1 fully saturated rings. The van der Waals surface area contributed by atoms with E-state index in [1.54, 1.807) is 18.0 Å². The molecule has 3 atom stereocenters. The number of carbonyl (C=O) groups excluding carboxylic acids is 1. The zero-order chi connectivity index (χ0) is 17.1. The van der Waals surface area contributed by atoms with Gasteiger partial charge in [-0.25, -0.2) is 4.99 Å². The minimum Gasteiger partial charge on any atom is -0.489 e. The molecule has 1 aromatic rings. The third kappa shape index (κ3) is 2.33. The summed E-state index contributed by atoms with van der Waals surface area (Å²) in [7, 11) is 0. The first-order valence-electron chi connectivity index (χ1n) is 8.78. The molecular weight excluding hydrogens is 336 g/mol. The molecule has 1 saturated heterocycles. The van der Waals surface area contributed by atoms with E-state index in [-0.39, 0.29) is 17.3 Å². The van der Waals surface area contributed by atoms with E-state index in [2.05, 4.69) is 33.9 Å². The Morgan fingerprint density at radius 1 is 1.44 bits per heavy atom. The van der Waals surface area contributed by atoms with Gasteiger partial charge in [-0.3, -0.25) is 14.8 Å². The Bertz CT molecular complexity index is 839. The number of thioether (sulfide) groups is 1. The van der Waals surface area contributed by atoms with Crippen molar-refractivity contribution >= 4 is 28.3 Å². The molecule has 4 aliphatic heterocycles. The number of allylic oxidation sites excluding steroid dienone is 1. The van der Waals surface area contributed by atoms with Gasteiger partial charge in [0, 0.05) is 42.9 Å².